The molecule has 0 aliphatic carbocycles. The molecule has 1 aliphatic rings. The average Bonchev–Trinajstić information content (AvgIpc) is 3.39. The number of halogens is 1. The number of furan rings is 1. The maximum absolute atomic E-state index is 12.0. The molecule has 1 saturated heterocycles. The molecule has 1 fully saturated rings. The molecule has 0 aromatic carbocycles. The highest BCUT2D eigenvalue weighted by Gasteiger charge is 2.27. The molecule has 1 aliphatic heterocycles. The number of carbonyl (C=O) groups excluding carboxylic acids is 1. The number of esters is 1. The van der Waals surface area contributed by atoms with Gasteiger partial charge in [-0.1, -0.05) is 6.07 Å². The summed E-state index contributed by atoms with van der Waals surface area (Å²) in [5, 5.41) is 5.53. The van der Waals surface area contributed by atoms with Gasteiger partial charge >= 0.3 is 5.97 Å². The Kier molecular flexibility index (Phi) is 9.83. The number of nitrogens with zero attached hydrogens (tertiary/aromatic N) is 2. The fourth-order valence-electron chi connectivity index (χ4n) is 3.16. The first kappa shape index (κ1) is 22.7. The molecule has 8 heteroatoms. The monoisotopic (exact) mass is 517 g/mol. The summed E-state index contributed by atoms with van der Waals surface area (Å²) >= 11 is 1.71. The summed E-state index contributed by atoms with van der Waals surface area (Å²) in [7, 11) is 0. The second kappa shape index (κ2) is 12.1. The minimum atomic E-state index is -0.0694. The molecular formula is C20H28IN3O3S. The lowest BCUT2D eigenvalue weighted by atomic mass is 9.97. The van der Waals surface area contributed by atoms with Crippen LogP contribution in [0.5, 0.6) is 0 Å². The number of likely N-dealkylation sites (tertiary alicyclic amines) is 1. The highest BCUT2D eigenvalue weighted by atomic mass is 127. The van der Waals surface area contributed by atoms with E-state index >= 15 is 0 Å². The number of rotatable bonds is 7. The Bertz CT molecular complexity index is 711. The Morgan fingerprint density at radius 3 is 2.82 bits per heavy atom. The molecule has 0 spiro atoms. The molecular weight excluding hydrogens is 489 g/mol. The maximum Gasteiger partial charge on any atom is 0.309 e. The van der Waals surface area contributed by atoms with Crippen LogP contribution < -0.4 is 5.32 Å². The lowest BCUT2D eigenvalue weighted by Gasteiger charge is -2.33. The summed E-state index contributed by atoms with van der Waals surface area (Å²) in [6, 6.07) is 8.03. The Labute approximate surface area is 187 Å². The molecule has 154 valence electrons. The molecule has 0 amide bonds. The van der Waals surface area contributed by atoms with E-state index in [0.29, 0.717) is 13.2 Å². The van der Waals surface area contributed by atoms with Crippen LogP contribution in [0, 0.1) is 5.92 Å². The summed E-state index contributed by atoms with van der Waals surface area (Å²) in [5.41, 5.74) is 0. The van der Waals surface area contributed by atoms with Crippen molar-refractivity contribution >= 4 is 47.2 Å². The molecule has 0 saturated carbocycles. The molecule has 0 bridgehead atoms. The molecule has 2 aromatic heterocycles. The van der Waals surface area contributed by atoms with E-state index in [1.807, 2.05) is 25.1 Å². The van der Waals surface area contributed by atoms with Crippen molar-refractivity contribution in [3.63, 3.8) is 0 Å². The minimum absolute atomic E-state index is 0. The molecule has 2 aromatic rings. The number of thiophene rings is 1. The van der Waals surface area contributed by atoms with Gasteiger partial charge in [0.25, 0.3) is 0 Å². The Morgan fingerprint density at radius 2 is 2.18 bits per heavy atom. The van der Waals surface area contributed by atoms with E-state index in [1.54, 1.807) is 17.6 Å². The maximum atomic E-state index is 12.0. The van der Waals surface area contributed by atoms with E-state index in [9.17, 15) is 4.79 Å². The largest absolute Gasteiger partial charge is 0.469 e. The average molecular weight is 517 g/mol. The fraction of sp³-hybridized carbons (Fsp3) is 0.500. The molecule has 0 unspecified atom stereocenters. The first-order valence-electron chi connectivity index (χ1n) is 9.51. The second-order valence-electron chi connectivity index (χ2n) is 6.49. The fourth-order valence-corrected chi connectivity index (χ4v) is 3.79. The first-order chi connectivity index (χ1) is 13.3. The Hall–Kier alpha value is -1.55. The van der Waals surface area contributed by atoms with E-state index in [2.05, 4.69) is 21.7 Å². The Balaban J connectivity index is 0.00000280. The number of nitrogens with one attached hydrogen (secondary N) is 1. The molecule has 0 atom stereocenters. The van der Waals surface area contributed by atoms with Crippen LogP contribution in [0.3, 0.4) is 0 Å². The third-order valence-corrected chi connectivity index (χ3v) is 5.47. The van der Waals surface area contributed by atoms with Gasteiger partial charge in [0.05, 0.1) is 25.3 Å². The van der Waals surface area contributed by atoms with Crippen molar-refractivity contribution in [2.45, 2.75) is 32.7 Å². The summed E-state index contributed by atoms with van der Waals surface area (Å²) in [5.74, 6) is 1.79. The summed E-state index contributed by atoms with van der Waals surface area (Å²) in [6.07, 6.45) is 4.11. The second-order valence-corrected chi connectivity index (χ2v) is 7.52. The number of aliphatic imine (C=N–C) groups is 1. The summed E-state index contributed by atoms with van der Waals surface area (Å²) < 4.78 is 10.6. The van der Waals surface area contributed by atoms with Gasteiger partial charge in [0.2, 0.25) is 0 Å². The van der Waals surface area contributed by atoms with E-state index in [1.165, 1.54) is 4.88 Å². The van der Waals surface area contributed by atoms with Crippen LogP contribution in [0.15, 0.2) is 45.3 Å². The third-order valence-electron chi connectivity index (χ3n) is 4.61. The van der Waals surface area contributed by atoms with Crippen molar-refractivity contribution in [1.82, 2.24) is 10.2 Å². The van der Waals surface area contributed by atoms with Gasteiger partial charge in [0.15, 0.2) is 5.96 Å². The van der Waals surface area contributed by atoms with Crippen molar-refractivity contribution in [3.8, 4) is 0 Å². The van der Waals surface area contributed by atoms with Gasteiger partial charge in [0.1, 0.15) is 5.76 Å². The molecule has 3 heterocycles. The predicted molar refractivity (Wildman–Crippen MR) is 122 cm³/mol. The molecule has 28 heavy (non-hydrogen) atoms. The quantitative estimate of drug-likeness (QED) is 0.261. The highest BCUT2D eigenvalue weighted by molar-refractivity contribution is 14.0. The molecule has 6 nitrogen and oxygen atoms in total. The zero-order chi connectivity index (χ0) is 18.9. The van der Waals surface area contributed by atoms with E-state index in [0.717, 1.165) is 50.6 Å². The van der Waals surface area contributed by atoms with Crippen LogP contribution in [0.1, 0.15) is 30.4 Å². The lowest BCUT2D eigenvalue weighted by Crippen LogP contribution is -2.47. The number of hydrogen-bond acceptors (Lipinski definition) is 5. The van der Waals surface area contributed by atoms with Gasteiger partial charge in [-0.3, -0.25) is 4.79 Å². The van der Waals surface area contributed by atoms with Crippen LogP contribution in [0.4, 0.5) is 0 Å². The number of piperidine rings is 1. The Morgan fingerprint density at radius 1 is 1.36 bits per heavy atom. The van der Waals surface area contributed by atoms with E-state index in [-0.39, 0.29) is 35.9 Å². The van der Waals surface area contributed by atoms with Crippen molar-refractivity contribution in [3.05, 3.63) is 46.5 Å². The van der Waals surface area contributed by atoms with E-state index < -0.39 is 0 Å². The van der Waals surface area contributed by atoms with Gasteiger partial charge in [-0.15, -0.1) is 35.3 Å². The van der Waals surface area contributed by atoms with Crippen LogP contribution in [-0.2, 0) is 22.5 Å². The zero-order valence-corrected chi connectivity index (χ0v) is 19.3. The van der Waals surface area contributed by atoms with Crippen LogP contribution in [-0.4, -0.2) is 43.1 Å². The van der Waals surface area contributed by atoms with Gasteiger partial charge < -0.3 is 19.4 Å². The van der Waals surface area contributed by atoms with Gasteiger partial charge in [0, 0.05) is 30.9 Å². The minimum Gasteiger partial charge on any atom is -0.469 e. The molecule has 1 N–H and O–H groups in total. The normalized spacial score (nSPS) is 15.2. The number of hydrogen-bond donors (Lipinski definition) is 1. The van der Waals surface area contributed by atoms with Crippen molar-refractivity contribution in [2.24, 2.45) is 10.9 Å². The predicted octanol–water partition coefficient (Wildman–Crippen LogP) is 3.92. The summed E-state index contributed by atoms with van der Waals surface area (Å²) in [6.45, 7) is 5.33. The smallest absolute Gasteiger partial charge is 0.309 e. The van der Waals surface area contributed by atoms with Gasteiger partial charge in [-0.05, 0) is 43.3 Å². The van der Waals surface area contributed by atoms with Crippen molar-refractivity contribution in [2.75, 3.05) is 26.2 Å². The van der Waals surface area contributed by atoms with Crippen LogP contribution in [0.2, 0.25) is 0 Å². The van der Waals surface area contributed by atoms with Crippen molar-refractivity contribution < 1.29 is 13.9 Å². The zero-order valence-electron chi connectivity index (χ0n) is 16.1. The van der Waals surface area contributed by atoms with Crippen LogP contribution >= 0.6 is 35.3 Å². The third kappa shape index (κ3) is 6.80. The molecule has 0 radical (unpaired) electrons. The first-order valence-corrected chi connectivity index (χ1v) is 10.4. The molecule has 3 rings (SSSR count). The number of guanidine groups is 1. The van der Waals surface area contributed by atoms with Gasteiger partial charge in [-0.2, -0.15) is 0 Å². The standard InChI is InChI=1S/C20H27N3O3S.HI/c1-2-25-19(24)16-8-11-23(12-9-16)20(22-15-18-6-4-14-27-18)21-10-7-17-5-3-13-26-17;/h3-6,13-14,16H,2,7-12,15H2,1H3,(H,21,22);1H. The highest BCUT2D eigenvalue weighted by Crippen LogP contribution is 2.19. The lowest BCUT2D eigenvalue weighted by molar-refractivity contribution is -0.149. The summed E-state index contributed by atoms with van der Waals surface area (Å²) in [4.78, 5) is 20.3. The van der Waals surface area contributed by atoms with Gasteiger partial charge in [-0.25, -0.2) is 4.99 Å². The number of ether oxygens (including phenoxy) is 1. The SMILES string of the molecule is CCOC(=O)C1CCN(C(=NCc2cccs2)NCCc2ccco2)CC1.I. The number of carbonyl (C=O) groups is 1. The topological polar surface area (TPSA) is 67.1 Å². The van der Waals surface area contributed by atoms with Crippen molar-refractivity contribution in [1.29, 1.82) is 0 Å². The van der Waals surface area contributed by atoms with E-state index in [4.69, 9.17) is 14.1 Å². The van der Waals surface area contributed by atoms with Crippen LogP contribution in [0.25, 0.3) is 0 Å².